The number of nitrogens with zero attached hydrogens (tertiary/aromatic N) is 2. The van der Waals surface area contributed by atoms with E-state index in [4.69, 9.17) is 0 Å². The lowest BCUT2D eigenvalue weighted by atomic mass is 10.2. The topological polar surface area (TPSA) is 15.6 Å². The van der Waals surface area contributed by atoms with Gasteiger partial charge in [-0.05, 0) is 18.4 Å². The molecule has 1 aromatic rings. The van der Waals surface area contributed by atoms with Crippen LogP contribution in [0.25, 0.3) is 0 Å². The maximum Gasteiger partial charge on any atom is 0.390 e. The Morgan fingerprint density at radius 2 is 2.25 bits per heavy atom. The number of alkyl halides is 3. The summed E-state index contributed by atoms with van der Waals surface area (Å²) >= 11 is 1.46. The van der Waals surface area contributed by atoms with Gasteiger partial charge in [-0.1, -0.05) is 0 Å². The molecule has 1 aromatic heterocycles. The Morgan fingerprint density at radius 1 is 1.50 bits per heavy atom. The predicted molar refractivity (Wildman–Crippen MR) is 59.4 cm³/mol. The highest BCUT2D eigenvalue weighted by molar-refractivity contribution is 7.14. The lowest BCUT2D eigenvalue weighted by molar-refractivity contribution is -0.132. The average molecular weight is 248 g/mol. The minimum absolute atomic E-state index is 0.0322. The second-order valence-electron chi connectivity index (χ2n) is 3.65. The summed E-state index contributed by atoms with van der Waals surface area (Å²) in [4.78, 5) is 5.87. The fourth-order valence-corrected chi connectivity index (χ4v) is 2.60. The first-order chi connectivity index (χ1) is 7.47. The van der Waals surface area contributed by atoms with Gasteiger partial charge in [0.15, 0.2) is 0 Å². The van der Waals surface area contributed by atoms with Crippen molar-refractivity contribution in [3.63, 3.8) is 0 Å². The van der Waals surface area contributed by atoms with Gasteiger partial charge in [0.25, 0.3) is 0 Å². The second kappa shape index (κ2) is 4.08. The fourth-order valence-electron chi connectivity index (χ4n) is 1.62. The van der Waals surface area contributed by atoms with Crippen molar-refractivity contribution in [2.24, 2.45) is 4.99 Å². The fraction of sp³-hybridized carbons (Fsp3) is 0.500. The van der Waals surface area contributed by atoms with Crippen molar-refractivity contribution in [2.45, 2.75) is 25.7 Å². The highest BCUT2D eigenvalue weighted by Crippen LogP contribution is 2.32. The number of thiophene rings is 1. The zero-order chi connectivity index (χ0) is 11.8. The van der Waals surface area contributed by atoms with Gasteiger partial charge in [0.05, 0.1) is 6.42 Å². The van der Waals surface area contributed by atoms with E-state index >= 15 is 0 Å². The van der Waals surface area contributed by atoms with Crippen LogP contribution in [-0.2, 0) is 0 Å². The molecular formula is C10H11F3N2S. The molecule has 1 atom stereocenters. The quantitative estimate of drug-likeness (QED) is 0.784. The maximum atomic E-state index is 12.2. The first kappa shape index (κ1) is 11.4. The largest absolute Gasteiger partial charge is 0.390 e. The molecule has 1 aliphatic heterocycles. The number of halogens is 3. The molecule has 0 aromatic carbocycles. The summed E-state index contributed by atoms with van der Waals surface area (Å²) in [5.41, 5.74) is 0.908. The van der Waals surface area contributed by atoms with Crippen LogP contribution in [0, 0.1) is 0 Å². The summed E-state index contributed by atoms with van der Waals surface area (Å²) in [6, 6.07) is 1.87. The molecule has 0 radical (unpaired) electrons. The first-order valence-corrected chi connectivity index (χ1v) is 5.79. The van der Waals surface area contributed by atoms with Gasteiger partial charge >= 0.3 is 6.18 Å². The standard InChI is InChI=1S/C10H11F3N2S/c1-7-14-6-8-2-5-16-9(8)15(7)4-3-10(11,12)13/h2,5-7H,3-4H2,1H3. The Balaban J connectivity index is 2.12. The van der Waals surface area contributed by atoms with Crippen molar-refractivity contribution in [2.75, 3.05) is 11.4 Å². The van der Waals surface area contributed by atoms with Gasteiger partial charge in [0.1, 0.15) is 11.2 Å². The molecule has 0 saturated carbocycles. The van der Waals surface area contributed by atoms with E-state index in [9.17, 15) is 13.2 Å². The van der Waals surface area contributed by atoms with Crippen molar-refractivity contribution in [1.82, 2.24) is 0 Å². The molecule has 88 valence electrons. The molecule has 0 bridgehead atoms. The Labute approximate surface area is 95.4 Å². The van der Waals surface area contributed by atoms with Gasteiger partial charge in [0, 0.05) is 18.3 Å². The molecule has 0 saturated heterocycles. The van der Waals surface area contributed by atoms with Crippen LogP contribution < -0.4 is 4.90 Å². The Hall–Kier alpha value is -1.04. The number of hydrogen-bond acceptors (Lipinski definition) is 3. The summed E-state index contributed by atoms with van der Waals surface area (Å²) in [7, 11) is 0. The summed E-state index contributed by atoms with van der Waals surface area (Å²) in [6.45, 7) is 1.77. The van der Waals surface area contributed by atoms with Crippen molar-refractivity contribution in [3.8, 4) is 0 Å². The van der Waals surface area contributed by atoms with E-state index < -0.39 is 12.6 Å². The molecule has 0 aliphatic carbocycles. The summed E-state index contributed by atoms with van der Waals surface area (Å²) < 4.78 is 36.5. The van der Waals surface area contributed by atoms with Crippen LogP contribution in [0.4, 0.5) is 18.2 Å². The molecule has 0 fully saturated rings. The molecular weight excluding hydrogens is 237 g/mol. The normalized spacial score (nSPS) is 20.0. The second-order valence-corrected chi connectivity index (χ2v) is 4.54. The minimum Gasteiger partial charge on any atom is -0.341 e. The van der Waals surface area contributed by atoms with E-state index in [1.54, 1.807) is 18.0 Å². The number of anilines is 1. The van der Waals surface area contributed by atoms with Crippen LogP contribution in [0.3, 0.4) is 0 Å². The average Bonchev–Trinajstić information content (AvgIpc) is 2.62. The number of rotatable bonds is 2. The number of fused-ring (bicyclic) bond motifs is 1. The molecule has 2 heterocycles. The molecule has 16 heavy (non-hydrogen) atoms. The van der Waals surface area contributed by atoms with Crippen LogP contribution in [0.15, 0.2) is 16.4 Å². The highest BCUT2D eigenvalue weighted by atomic mass is 32.1. The monoisotopic (exact) mass is 248 g/mol. The maximum absolute atomic E-state index is 12.2. The Kier molecular flexibility index (Phi) is 2.92. The molecule has 2 nitrogen and oxygen atoms in total. The van der Waals surface area contributed by atoms with Crippen LogP contribution >= 0.6 is 11.3 Å². The third-order valence-corrected chi connectivity index (χ3v) is 3.42. The van der Waals surface area contributed by atoms with Crippen molar-refractivity contribution in [1.29, 1.82) is 0 Å². The molecule has 6 heteroatoms. The lowest BCUT2D eigenvalue weighted by Crippen LogP contribution is -2.36. The SMILES string of the molecule is CC1N=Cc2ccsc2N1CCC(F)(F)F. The smallest absolute Gasteiger partial charge is 0.341 e. The van der Waals surface area contributed by atoms with Crippen LogP contribution in [-0.4, -0.2) is 25.1 Å². The third-order valence-electron chi connectivity index (χ3n) is 2.45. The predicted octanol–water partition coefficient (Wildman–Crippen LogP) is 3.29. The van der Waals surface area contributed by atoms with Crippen LogP contribution in [0.5, 0.6) is 0 Å². The molecule has 2 rings (SSSR count). The minimum atomic E-state index is -4.11. The van der Waals surface area contributed by atoms with Gasteiger partial charge in [-0.2, -0.15) is 13.2 Å². The van der Waals surface area contributed by atoms with E-state index in [-0.39, 0.29) is 12.7 Å². The lowest BCUT2D eigenvalue weighted by Gasteiger charge is -2.31. The summed E-state index contributed by atoms with van der Waals surface area (Å²) in [5, 5.41) is 2.75. The van der Waals surface area contributed by atoms with Gasteiger partial charge < -0.3 is 4.90 Å². The van der Waals surface area contributed by atoms with E-state index in [0.717, 1.165) is 10.6 Å². The Bertz CT molecular complexity index is 397. The summed E-state index contributed by atoms with van der Waals surface area (Å²) in [5.74, 6) is 0. The molecule has 1 aliphatic rings. The van der Waals surface area contributed by atoms with Crippen molar-refractivity contribution < 1.29 is 13.2 Å². The van der Waals surface area contributed by atoms with Crippen molar-refractivity contribution in [3.05, 3.63) is 17.0 Å². The van der Waals surface area contributed by atoms with Crippen LogP contribution in [0.2, 0.25) is 0 Å². The number of aliphatic imine (C=N–C) groups is 1. The zero-order valence-corrected chi connectivity index (χ0v) is 9.48. The summed E-state index contributed by atoms with van der Waals surface area (Å²) in [6.07, 6.45) is -3.41. The zero-order valence-electron chi connectivity index (χ0n) is 8.66. The van der Waals surface area contributed by atoms with Crippen LogP contribution in [0.1, 0.15) is 18.9 Å². The molecule has 0 N–H and O–H groups in total. The first-order valence-electron chi connectivity index (χ1n) is 4.91. The van der Waals surface area contributed by atoms with Gasteiger partial charge in [-0.15, -0.1) is 11.3 Å². The molecule has 0 spiro atoms. The van der Waals surface area contributed by atoms with E-state index in [1.165, 1.54) is 11.3 Å². The number of hydrogen-bond donors (Lipinski definition) is 0. The molecule has 1 unspecified atom stereocenters. The van der Waals surface area contributed by atoms with Gasteiger partial charge in [-0.25, -0.2) is 0 Å². The van der Waals surface area contributed by atoms with Gasteiger partial charge in [0.2, 0.25) is 0 Å². The van der Waals surface area contributed by atoms with E-state index in [2.05, 4.69) is 4.99 Å². The van der Waals surface area contributed by atoms with Gasteiger partial charge in [-0.3, -0.25) is 4.99 Å². The van der Waals surface area contributed by atoms with E-state index in [0.29, 0.717) is 0 Å². The van der Waals surface area contributed by atoms with Crippen molar-refractivity contribution >= 4 is 22.6 Å². The van der Waals surface area contributed by atoms with E-state index in [1.807, 2.05) is 11.4 Å². The Morgan fingerprint density at radius 3 is 2.94 bits per heavy atom. The highest BCUT2D eigenvalue weighted by Gasteiger charge is 2.30. The third kappa shape index (κ3) is 2.37. The molecule has 0 amide bonds.